The third-order valence-electron chi connectivity index (χ3n) is 3.44. The number of nitrogen functional groups attached to an aromatic ring is 1. The summed E-state index contributed by atoms with van der Waals surface area (Å²) in [6.07, 6.45) is -4.70. The summed E-state index contributed by atoms with van der Waals surface area (Å²) < 4.78 is 40.5. The highest BCUT2D eigenvalue weighted by Crippen LogP contribution is 2.43. The number of carbonyl (C=O) groups excluding carboxylic acids is 1. The summed E-state index contributed by atoms with van der Waals surface area (Å²) in [7, 11) is 0. The van der Waals surface area contributed by atoms with Crippen LogP contribution in [-0.4, -0.2) is 10.9 Å². The van der Waals surface area contributed by atoms with E-state index in [0.717, 1.165) is 6.07 Å². The van der Waals surface area contributed by atoms with Crippen molar-refractivity contribution in [2.75, 3.05) is 5.73 Å². The van der Waals surface area contributed by atoms with Crippen LogP contribution in [-0.2, 0) is 6.18 Å². The van der Waals surface area contributed by atoms with E-state index in [1.807, 2.05) is 0 Å². The molecule has 0 saturated heterocycles. The first kappa shape index (κ1) is 17.8. The molecule has 0 aliphatic rings. The van der Waals surface area contributed by atoms with Crippen LogP contribution in [0.15, 0.2) is 24.3 Å². The number of amides is 1. The van der Waals surface area contributed by atoms with Gasteiger partial charge in [-0.1, -0.05) is 29.3 Å². The third kappa shape index (κ3) is 3.12. The van der Waals surface area contributed by atoms with Gasteiger partial charge in [0.15, 0.2) is 0 Å². The minimum Gasteiger partial charge on any atom is -0.397 e. The molecule has 0 atom stereocenters. The molecule has 0 unspecified atom stereocenters. The van der Waals surface area contributed by atoms with Gasteiger partial charge in [-0.05, 0) is 18.2 Å². The lowest BCUT2D eigenvalue weighted by Crippen LogP contribution is -2.11. The number of rotatable bonds is 2. The topological polar surface area (TPSA) is 82.0 Å². The van der Waals surface area contributed by atoms with E-state index in [4.69, 9.17) is 34.7 Å². The van der Waals surface area contributed by atoms with Gasteiger partial charge in [0.2, 0.25) is 0 Å². The molecule has 2 aromatic heterocycles. The van der Waals surface area contributed by atoms with Gasteiger partial charge in [0, 0.05) is 10.9 Å². The van der Waals surface area contributed by atoms with Gasteiger partial charge in [-0.25, -0.2) is 4.98 Å². The number of primary amides is 1. The number of benzene rings is 1. The monoisotopic (exact) mass is 405 g/mol. The first-order chi connectivity index (χ1) is 11.6. The van der Waals surface area contributed by atoms with Gasteiger partial charge in [-0.3, -0.25) is 4.79 Å². The minimum atomic E-state index is -4.70. The normalized spacial score (nSPS) is 11.9. The van der Waals surface area contributed by atoms with Crippen LogP contribution in [0.1, 0.15) is 15.2 Å². The molecular formula is C15H8Cl2F3N3OS. The Morgan fingerprint density at radius 2 is 1.84 bits per heavy atom. The molecule has 1 aromatic carbocycles. The molecule has 10 heteroatoms. The van der Waals surface area contributed by atoms with Crippen LogP contribution in [0.5, 0.6) is 0 Å². The van der Waals surface area contributed by atoms with Gasteiger partial charge >= 0.3 is 6.18 Å². The summed E-state index contributed by atoms with van der Waals surface area (Å²) in [6.45, 7) is 0. The SMILES string of the molecule is NC(=O)c1sc2nc(-c3ccc(Cl)c(Cl)c3)cc(C(F)(F)F)c2c1N. The molecule has 0 bridgehead atoms. The van der Waals surface area contributed by atoms with Gasteiger partial charge in [0.25, 0.3) is 5.91 Å². The maximum Gasteiger partial charge on any atom is 0.417 e. The van der Waals surface area contributed by atoms with Crippen LogP contribution >= 0.6 is 34.5 Å². The van der Waals surface area contributed by atoms with Crippen LogP contribution < -0.4 is 11.5 Å². The first-order valence-electron chi connectivity index (χ1n) is 6.65. The van der Waals surface area contributed by atoms with Crippen molar-refractivity contribution in [3.05, 3.63) is 44.8 Å². The highest BCUT2D eigenvalue weighted by atomic mass is 35.5. The summed E-state index contributed by atoms with van der Waals surface area (Å²) in [6, 6.07) is 5.21. The fourth-order valence-electron chi connectivity index (χ4n) is 2.33. The number of anilines is 1. The van der Waals surface area contributed by atoms with E-state index in [9.17, 15) is 18.0 Å². The van der Waals surface area contributed by atoms with Crippen LogP contribution in [0.3, 0.4) is 0 Å². The summed E-state index contributed by atoms with van der Waals surface area (Å²) in [5, 5.41) is 0.104. The maximum absolute atomic E-state index is 13.5. The van der Waals surface area contributed by atoms with Gasteiger partial charge in [-0.15, -0.1) is 11.3 Å². The highest BCUT2D eigenvalue weighted by molar-refractivity contribution is 7.21. The summed E-state index contributed by atoms with van der Waals surface area (Å²) >= 11 is 12.5. The predicted molar refractivity (Wildman–Crippen MR) is 93.0 cm³/mol. The molecular weight excluding hydrogens is 398 g/mol. The Morgan fingerprint density at radius 1 is 1.16 bits per heavy atom. The van der Waals surface area contributed by atoms with Crippen molar-refractivity contribution in [1.29, 1.82) is 0 Å². The number of halogens is 5. The highest BCUT2D eigenvalue weighted by Gasteiger charge is 2.36. The fraction of sp³-hybridized carbons (Fsp3) is 0.0667. The minimum absolute atomic E-state index is 0.0238. The Hall–Kier alpha value is -2.03. The molecule has 2 heterocycles. The summed E-state index contributed by atoms with van der Waals surface area (Å²) in [5.74, 6) is -0.912. The average molecular weight is 406 g/mol. The molecule has 0 saturated carbocycles. The van der Waals surface area contributed by atoms with Crippen molar-refractivity contribution in [3.8, 4) is 11.3 Å². The van der Waals surface area contributed by atoms with E-state index in [1.54, 1.807) is 0 Å². The van der Waals surface area contributed by atoms with Crippen molar-refractivity contribution in [3.63, 3.8) is 0 Å². The van der Waals surface area contributed by atoms with Crippen LogP contribution in [0.25, 0.3) is 21.5 Å². The molecule has 130 valence electrons. The Labute approximate surface area is 153 Å². The van der Waals surface area contributed by atoms with Crippen LogP contribution in [0.2, 0.25) is 10.0 Å². The largest absolute Gasteiger partial charge is 0.417 e. The van der Waals surface area contributed by atoms with E-state index < -0.39 is 17.6 Å². The second-order valence-electron chi connectivity index (χ2n) is 5.07. The lowest BCUT2D eigenvalue weighted by Gasteiger charge is -2.11. The van der Waals surface area contributed by atoms with Gasteiger partial charge in [0.1, 0.15) is 9.71 Å². The Morgan fingerprint density at radius 3 is 2.40 bits per heavy atom. The lowest BCUT2D eigenvalue weighted by atomic mass is 10.1. The van der Waals surface area contributed by atoms with Gasteiger partial charge < -0.3 is 11.5 Å². The number of carbonyl (C=O) groups is 1. The standard InChI is InChI=1S/C15H8Cl2F3N3OS/c16-7-2-1-5(3-8(7)17)9-4-6(15(18,19)20)10-11(21)12(13(22)24)25-14(10)23-9/h1-4H,21H2,(H2,22,24). The second kappa shape index (κ2) is 6.05. The zero-order chi connectivity index (χ0) is 18.5. The molecule has 0 spiro atoms. The maximum atomic E-state index is 13.5. The molecule has 4 N–H and O–H groups in total. The molecule has 3 aromatic rings. The number of nitrogens with zero attached hydrogens (tertiary/aromatic N) is 1. The van der Waals surface area contributed by atoms with Crippen LogP contribution in [0.4, 0.5) is 18.9 Å². The van der Waals surface area contributed by atoms with Crippen molar-refractivity contribution in [2.24, 2.45) is 5.73 Å². The molecule has 1 amide bonds. The molecule has 0 aliphatic carbocycles. The Balaban J connectivity index is 2.35. The molecule has 0 radical (unpaired) electrons. The van der Waals surface area contributed by atoms with Crippen molar-refractivity contribution in [2.45, 2.75) is 6.18 Å². The number of pyridine rings is 1. The molecule has 4 nitrogen and oxygen atoms in total. The van der Waals surface area contributed by atoms with Gasteiger partial charge in [-0.2, -0.15) is 13.2 Å². The number of nitrogens with two attached hydrogens (primary N) is 2. The fourth-order valence-corrected chi connectivity index (χ4v) is 3.60. The average Bonchev–Trinajstić information content (AvgIpc) is 2.85. The van der Waals surface area contributed by atoms with Crippen molar-refractivity contribution < 1.29 is 18.0 Å². The smallest absolute Gasteiger partial charge is 0.397 e. The number of alkyl halides is 3. The van der Waals surface area contributed by atoms with E-state index in [0.29, 0.717) is 16.9 Å². The molecule has 25 heavy (non-hydrogen) atoms. The van der Waals surface area contributed by atoms with E-state index >= 15 is 0 Å². The molecule has 0 fully saturated rings. The number of fused-ring (bicyclic) bond motifs is 1. The number of hydrogen-bond donors (Lipinski definition) is 2. The first-order valence-corrected chi connectivity index (χ1v) is 8.22. The van der Waals surface area contributed by atoms with Crippen molar-refractivity contribution >= 4 is 56.3 Å². The summed E-state index contributed by atoms with van der Waals surface area (Å²) in [4.78, 5) is 15.4. The Bertz CT molecular complexity index is 1020. The number of thiophene rings is 1. The second-order valence-corrected chi connectivity index (χ2v) is 6.88. The Kier molecular flexibility index (Phi) is 4.30. The third-order valence-corrected chi connectivity index (χ3v) is 5.30. The van der Waals surface area contributed by atoms with Gasteiger partial charge in [0.05, 0.1) is 27.0 Å². The molecule has 3 rings (SSSR count). The summed E-state index contributed by atoms with van der Waals surface area (Å²) in [5.41, 5.74) is 9.91. The van der Waals surface area contributed by atoms with Crippen LogP contribution in [0, 0.1) is 0 Å². The van der Waals surface area contributed by atoms with E-state index in [2.05, 4.69) is 4.98 Å². The van der Waals surface area contributed by atoms with E-state index in [-0.39, 0.29) is 36.5 Å². The molecule has 0 aliphatic heterocycles. The zero-order valence-electron chi connectivity index (χ0n) is 12.1. The number of aromatic nitrogens is 1. The lowest BCUT2D eigenvalue weighted by molar-refractivity contribution is -0.136. The zero-order valence-corrected chi connectivity index (χ0v) is 14.4. The quantitative estimate of drug-likeness (QED) is 0.631. The number of hydrogen-bond acceptors (Lipinski definition) is 4. The van der Waals surface area contributed by atoms with Crippen molar-refractivity contribution in [1.82, 2.24) is 4.98 Å². The van der Waals surface area contributed by atoms with E-state index in [1.165, 1.54) is 18.2 Å². The predicted octanol–water partition coefficient (Wildman–Crippen LogP) is 4.97.